The van der Waals surface area contributed by atoms with Crippen molar-refractivity contribution in [1.29, 1.82) is 0 Å². The predicted molar refractivity (Wildman–Crippen MR) is 47.8 cm³/mol. The number of rotatable bonds is 1. The highest BCUT2D eigenvalue weighted by Crippen LogP contribution is 2.47. The molecule has 72 valence electrons. The first-order chi connectivity index (χ1) is 5.98. The summed E-state index contributed by atoms with van der Waals surface area (Å²) >= 11 is 3.21. The Kier molecular flexibility index (Phi) is 1.94. The minimum absolute atomic E-state index is 0.0652. The highest BCUT2D eigenvalue weighted by atomic mass is 79.9. The van der Waals surface area contributed by atoms with Gasteiger partial charge in [-0.1, -0.05) is 0 Å². The highest BCUT2D eigenvalue weighted by Gasteiger charge is 2.47. The second kappa shape index (κ2) is 2.77. The fourth-order valence-corrected chi connectivity index (χ4v) is 2.15. The van der Waals surface area contributed by atoms with E-state index in [-0.39, 0.29) is 18.8 Å². The molecule has 0 bridgehead atoms. The quantitative estimate of drug-likeness (QED) is 0.750. The van der Waals surface area contributed by atoms with Crippen molar-refractivity contribution in [3.8, 4) is 0 Å². The molecular formula is C8H9BrF2N2. The maximum absolute atomic E-state index is 12.6. The normalized spacial score (nSPS) is 21.5. The van der Waals surface area contributed by atoms with Crippen LogP contribution in [0.5, 0.6) is 0 Å². The Hall–Kier alpha value is -0.450. The molecular weight excluding hydrogens is 242 g/mol. The van der Waals surface area contributed by atoms with Gasteiger partial charge in [-0.15, -0.1) is 0 Å². The van der Waals surface area contributed by atoms with E-state index in [1.54, 1.807) is 10.8 Å². The van der Waals surface area contributed by atoms with Crippen LogP contribution in [0.1, 0.15) is 24.6 Å². The van der Waals surface area contributed by atoms with Gasteiger partial charge < -0.3 is 4.57 Å². The number of imidazole rings is 1. The Labute approximate surface area is 83.1 Å². The highest BCUT2D eigenvalue weighted by molar-refractivity contribution is 9.10. The summed E-state index contributed by atoms with van der Waals surface area (Å²) in [6.45, 7) is 0. The van der Waals surface area contributed by atoms with Crippen LogP contribution < -0.4 is 0 Å². The Bertz CT molecular complexity index is 327. The molecule has 0 saturated heterocycles. The number of hydrogen-bond donors (Lipinski definition) is 0. The van der Waals surface area contributed by atoms with Gasteiger partial charge in [0.25, 0.3) is 0 Å². The van der Waals surface area contributed by atoms with Gasteiger partial charge in [0.05, 0.1) is 0 Å². The zero-order chi connectivity index (χ0) is 9.64. The lowest BCUT2D eigenvalue weighted by molar-refractivity contribution is -0.0889. The molecule has 2 nitrogen and oxygen atoms in total. The van der Waals surface area contributed by atoms with Crippen LogP contribution in [0.2, 0.25) is 0 Å². The number of hydrogen-bond acceptors (Lipinski definition) is 1. The second-order valence-electron chi connectivity index (χ2n) is 3.49. The topological polar surface area (TPSA) is 17.8 Å². The molecule has 0 aromatic carbocycles. The van der Waals surface area contributed by atoms with Gasteiger partial charge in [-0.05, 0) is 15.9 Å². The summed E-state index contributed by atoms with van der Waals surface area (Å²) in [5, 5.41) is 0. The molecule has 2 rings (SSSR count). The first kappa shape index (κ1) is 9.12. The summed E-state index contributed by atoms with van der Waals surface area (Å²) < 4.78 is 27.6. The van der Waals surface area contributed by atoms with Gasteiger partial charge in [-0.3, -0.25) is 0 Å². The molecule has 0 unspecified atom stereocenters. The second-order valence-corrected chi connectivity index (χ2v) is 4.31. The number of alkyl halides is 2. The van der Waals surface area contributed by atoms with Crippen molar-refractivity contribution in [2.24, 2.45) is 7.05 Å². The summed E-state index contributed by atoms with van der Waals surface area (Å²) in [7, 11) is 1.82. The fourth-order valence-electron chi connectivity index (χ4n) is 1.67. The van der Waals surface area contributed by atoms with Crippen molar-refractivity contribution in [1.82, 2.24) is 9.55 Å². The van der Waals surface area contributed by atoms with Gasteiger partial charge in [0.1, 0.15) is 10.4 Å². The Balaban J connectivity index is 2.15. The molecule has 1 fully saturated rings. The molecule has 5 heteroatoms. The molecule has 1 aliphatic rings. The van der Waals surface area contributed by atoms with E-state index in [2.05, 4.69) is 20.9 Å². The number of aryl methyl sites for hydroxylation is 1. The molecule has 1 saturated carbocycles. The molecule has 0 spiro atoms. The average Bonchev–Trinajstić information content (AvgIpc) is 2.24. The minimum Gasteiger partial charge on any atom is -0.337 e. The standard InChI is InChI=1S/C8H9BrF2N2/c1-13-4-6(9)12-7(13)5-2-8(10,11)3-5/h4-5H,2-3H2,1H3. The van der Waals surface area contributed by atoms with Crippen LogP contribution in [0.25, 0.3) is 0 Å². The molecule has 0 aliphatic heterocycles. The van der Waals surface area contributed by atoms with Crippen LogP contribution in [0.15, 0.2) is 10.8 Å². The van der Waals surface area contributed by atoms with Crippen LogP contribution in [0.4, 0.5) is 8.78 Å². The zero-order valence-electron chi connectivity index (χ0n) is 7.10. The van der Waals surface area contributed by atoms with Gasteiger partial charge in [0.2, 0.25) is 5.92 Å². The molecule has 13 heavy (non-hydrogen) atoms. The molecule has 1 aromatic heterocycles. The van der Waals surface area contributed by atoms with Crippen molar-refractivity contribution in [3.05, 3.63) is 16.6 Å². The van der Waals surface area contributed by atoms with E-state index in [9.17, 15) is 8.78 Å². The van der Waals surface area contributed by atoms with Crippen molar-refractivity contribution in [3.63, 3.8) is 0 Å². The Morgan fingerprint density at radius 1 is 1.62 bits per heavy atom. The Morgan fingerprint density at radius 2 is 2.23 bits per heavy atom. The third-order valence-corrected chi connectivity index (χ3v) is 2.72. The van der Waals surface area contributed by atoms with Crippen LogP contribution in [-0.4, -0.2) is 15.5 Å². The smallest absolute Gasteiger partial charge is 0.249 e. The fraction of sp³-hybridized carbons (Fsp3) is 0.625. The first-order valence-corrected chi connectivity index (χ1v) is 4.84. The lowest BCUT2D eigenvalue weighted by Gasteiger charge is -2.34. The molecule has 0 radical (unpaired) electrons. The number of nitrogens with zero attached hydrogens (tertiary/aromatic N) is 2. The van der Waals surface area contributed by atoms with Gasteiger partial charge >= 0.3 is 0 Å². The lowest BCUT2D eigenvalue weighted by Crippen LogP contribution is -2.35. The van der Waals surface area contributed by atoms with E-state index in [4.69, 9.17) is 0 Å². The van der Waals surface area contributed by atoms with E-state index < -0.39 is 5.92 Å². The maximum Gasteiger partial charge on any atom is 0.249 e. The molecule has 0 amide bonds. The SMILES string of the molecule is Cn1cc(Br)nc1C1CC(F)(F)C1. The van der Waals surface area contributed by atoms with Crippen LogP contribution in [0, 0.1) is 0 Å². The predicted octanol–water partition coefficient (Wildman–Crippen LogP) is 2.70. The lowest BCUT2D eigenvalue weighted by atomic mass is 9.81. The maximum atomic E-state index is 12.6. The molecule has 1 aliphatic carbocycles. The number of aromatic nitrogens is 2. The number of halogens is 3. The summed E-state index contributed by atoms with van der Waals surface area (Å²) in [6, 6.07) is 0. The van der Waals surface area contributed by atoms with E-state index in [1.807, 2.05) is 7.05 Å². The van der Waals surface area contributed by atoms with Crippen LogP contribution >= 0.6 is 15.9 Å². The van der Waals surface area contributed by atoms with Crippen molar-refractivity contribution < 1.29 is 8.78 Å². The largest absolute Gasteiger partial charge is 0.337 e. The molecule has 1 aromatic rings. The Morgan fingerprint density at radius 3 is 2.62 bits per heavy atom. The molecule has 0 atom stereocenters. The zero-order valence-corrected chi connectivity index (χ0v) is 8.68. The molecule has 0 N–H and O–H groups in total. The monoisotopic (exact) mass is 250 g/mol. The van der Waals surface area contributed by atoms with Crippen molar-refractivity contribution in [2.75, 3.05) is 0 Å². The third kappa shape index (κ3) is 1.61. The van der Waals surface area contributed by atoms with Crippen LogP contribution in [-0.2, 0) is 7.05 Å². The van der Waals surface area contributed by atoms with Crippen molar-refractivity contribution >= 4 is 15.9 Å². The first-order valence-electron chi connectivity index (χ1n) is 4.04. The third-order valence-electron chi connectivity index (χ3n) is 2.34. The summed E-state index contributed by atoms with van der Waals surface area (Å²) in [5.74, 6) is -1.80. The van der Waals surface area contributed by atoms with Gasteiger partial charge in [0, 0.05) is 32.0 Å². The summed E-state index contributed by atoms with van der Waals surface area (Å²) in [5.41, 5.74) is 0. The van der Waals surface area contributed by atoms with Gasteiger partial charge in [0.15, 0.2) is 0 Å². The van der Waals surface area contributed by atoms with E-state index in [1.165, 1.54) is 0 Å². The van der Waals surface area contributed by atoms with E-state index in [0.717, 1.165) is 5.82 Å². The summed E-state index contributed by atoms with van der Waals surface area (Å²) in [4.78, 5) is 4.14. The summed E-state index contributed by atoms with van der Waals surface area (Å²) in [6.07, 6.45) is 1.65. The van der Waals surface area contributed by atoms with Gasteiger partial charge in [-0.25, -0.2) is 13.8 Å². The van der Waals surface area contributed by atoms with E-state index >= 15 is 0 Å². The minimum atomic E-state index is -2.47. The molecule has 1 heterocycles. The van der Waals surface area contributed by atoms with Crippen LogP contribution in [0.3, 0.4) is 0 Å². The van der Waals surface area contributed by atoms with E-state index in [0.29, 0.717) is 4.60 Å². The van der Waals surface area contributed by atoms with Crippen molar-refractivity contribution in [2.45, 2.75) is 24.7 Å². The van der Waals surface area contributed by atoms with Gasteiger partial charge in [-0.2, -0.15) is 0 Å². The average molecular weight is 251 g/mol.